The molecule has 4 heterocycles. The molecule has 8 heteroatoms. The minimum atomic E-state index is -0.144. The van der Waals surface area contributed by atoms with Gasteiger partial charge in [0.25, 0.3) is 5.91 Å². The lowest BCUT2D eigenvalue weighted by Crippen LogP contribution is -2.62. The van der Waals surface area contributed by atoms with Crippen LogP contribution in [0.15, 0.2) is 30.6 Å². The number of carbonyl (C=O) groups excluding carboxylic acids is 1. The lowest BCUT2D eigenvalue weighted by atomic mass is 9.82. The van der Waals surface area contributed by atoms with Gasteiger partial charge in [0, 0.05) is 50.3 Å². The summed E-state index contributed by atoms with van der Waals surface area (Å²) in [5.74, 6) is 0.445. The zero-order valence-electron chi connectivity index (χ0n) is 23.4. The minimum Gasteiger partial charge on any atom is -0.338 e. The van der Waals surface area contributed by atoms with E-state index >= 15 is 0 Å². The maximum absolute atomic E-state index is 14.3. The Hall–Kier alpha value is -2.42. The molecule has 1 aromatic heterocycles. The summed E-state index contributed by atoms with van der Waals surface area (Å²) < 4.78 is 14.3. The van der Waals surface area contributed by atoms with Crippen LogP contribution in [0, 0.1) is 25.6 Å². The van der Waals surface area contributed by atoms with Crippen molar-refractivity contribution in [3.05, 3.63) is 58.9 Å². The standard InChI is InChI=1S/C30H43FN6O/c1-21-19-36(30(4)10-14-35(15-11-30)29(38)27-22(2)33-20-34-23(27)3)16-17-37(21)28(24-8-12-32-13-9-24)25-6-5-7-26(31)18-25/h5-7,18,20-21,24,28,32H,8-17,19H2,1-4H3. The van der Waals surface area contributed by atoms with Crippen molar-refractivity contribution in [2.45, 2.75) is 71.0 Å². The number of nitrogens with one attached hydrogen (secondary N) is 1. The van der Waals surface area contributed by atoms with Crippen molar-refractivity contribution >= 4 is 5.91 Å². The van der Waals surface area contributed by atoms with Gasteiger partial charge < -0.3 is 10.2 Å². The molecule has 3 aliphatic heterocycles. The van der Waals surface area contributed by atoms with Crippen LogP contribution in [-0.2, 0) is 0 Å². The molecule has 0 radical (unpaired) electrons. The third-order valence-corrected chi connectivity index (χ3v) is 9.39. The highest BCUT2D eigenvalue weighted by atomic mass is 19.1. The van der Waals surface area contributed by atoms with Crippen LogP contribution in [-0.4, -0.2) is 88.0 Å². The van der Waals surface area contributed by atoms with Crippen LogP contribution in [0.2, 0.25) is 0 Å². The summed E-state index contributed by atoms with van der Waals surface area (Å²) in [5.41, 5.74) is 3.34. The van der Waals surface area contributed by atoms with E-state index in [9.17, 15) is 9.18 Å². The van der Waals surface area contributed by atoms with Gasteiger partial charge in [-0.25, -0.2) is 14.4 Å². The number of amides is 1. The van der Waals surface area contributed by atoms with Crippen LogP contribution >= 0.6 is 0 Å². The van der Waals surface area contributed by atoms with E-state index in [1.165, 1.54) is 6.33 Å². The molecule has 206 valence electrons. The fourth-order valence-corrected chi connectivity index (χ4v) is 7.03. The molecule has 0 bridgehead atoms. The van der Waals surface area contributed by atoms with Gasteiger partial charge in [0.1, 0.15) is 12.1 Å². The van der Waals surface area contributed by atoms with Crippen LogP contribution in [0.4, 0.5) is 4.39 Å². The van der Waals surface area contributed by atoms with E-state index < -0.39 is 0 Å². The summed E-state index contributed by atoms with van der Waals surface area (Å²) >= 11 is 0. The van der Waals surface area contributed by atoms with Crippen molar-refractivity contribution in [3.63, 3.8) is 0 Å². The van der Waals surface area contributed by atoms with Gasteiger partial charge in [0.15, 0.2) is 0 Å². The molecule has 1 N–H and O–H groups in total. The minimum absolute atomic E-state index is 0.0562. The first-order valence-electron chi connectivity index (χ1n) is 14.3. The Labute approximate surface area is 226 Å². The van der Waals surface area contributed by atoms with Gasteiger partial charge in [-0.1, -0.05) is 12.1 Å². The summed E-state index contributed by atoms with van der Waals surface area (Å²) in [5, 5.41) is 3.49. The Morgan fingerprint density at radius 3 is 2.39 bits per heavy atom. The van der Waals surface area contributed by atoms with Gasteiger partial charge in [0.2, 0.25) is 0 Å². The lowest BCUT2D eigenvalue weighted by Gasteiger charge is -2.54. The highest BCUT2D eigenvalue weighted by Gasteiger charge is 2.42. The van der Waals surface area contributed by atoms with E-state index in [2.05, 4.69) is 45.0 Å². The van der Waals surface area contributed by atoms with Crippen LogP contribution in [0.3, 0.4) is 0 Å². The predicted molar refractivity (Wildman–Crippen MR) is 148 cm³/mol. The summed E-state index contributed by atoms with van der Waals surface area (Å²) in [6.07, 6.45) is 5.69. The van der Waals surface area contributed by atoms with E-state index in [1.54, 1.807) is 12.1 Å². The van der Waals surface area contributed by atoms with Crippen LogP contribution in [0.25, 0.3) is 0 Å². The average molecular weight is 523 g/mol. The number of rotatable bonds is 5. The van der Waals surface area contributed by atoms with Gasteiger partial charge >= 0.3 is 0 Å². The zero-order valence-corrected chi connectivity index (χ0v) is 23.4. The molecule has 3 fully saturated rings. The summed E-state index contributed by atoms with van der Waals surface area (Å²) in [4.78, 5) is 29.1. The van der Waals surface area contributed by atoms with E-state index in [1.807, 2.05) is 24.8 Å². The predicted octanol–water partition coefficient (Wildman–Crippen LogP) is 3.97. The molecule has 7 nitrogen and oxygen atoms in total. The fourth-order valence-electron chi connectivity index (χ4n) is 7.03. The van der Waals surface area contributed by atoms with Crippen molar-refractivity contribution < 1.29 is 9.18 Å². The second-order valence-electron chi connectivity index (χ2n) is 11.8. The molecule has 0 aliphatic carbocycles. The SMILES string of the molecule is Cc1ncnc(C)c1C(=O)N1CCC(C)(N2CCN(C(c3cccc(F)c3)C3CCNCC3)C(C)C2)CC1. The van der Waals surface area contributed by atoms with E-state index in [-0.39, 0.29) is 23.3 Å². The molecule has 3 saturated heterocycles. The summed E-state index contributed by atoms with van der Waals surface area (Å²) in [7, 11) is 0. The molecular weight excluding hydrogens is 479 g/mol. The number of carbonyl (C=O) groups is 1. The zero-order chi connectivity index (χ0) is 26.9. The quantitative estimate of drug-likeness (QED) is 0.641. The summed E-state index contributed by atoms with van der Waals surface area (Å²) in [6.45, 7) is 15.0. The smallest absolute Gasteiger partial charge is 0.257 e. The Balaban J connectivity index is 1.26. The molecule has 3 aliphatic rings. The number of likely N-dealkylation sites (tertiary alicyclic amines) is 1. The number of piperidine rings is 2. The molecule has 38 heavy (non-hydrogen) atoms. The largest absolute Gasteiger partial charge is 0.338 e. The molecule has 0 saturated carbocycles. The van der Waals surface area contributed by atoms with Crippen molar-refractivity contribution in [1.82, 2.24) is 30.0 Å². The molecule has 1 amide bonds. The monoisotopic (exact) mass is 522 g/mol. The normalized spacial score (nSPS) is 24.3. The van der Waals surface area contributed by atoms with Crippen molar-refractivity contribution in [1.29, 1.82) is 0 Å². The van der Waals surface area contributed by atoms with Gasteiger partial charge in [0.05, 0.1) is 17.0 Å². The Bertz CT molecular complexity index is 1110. The van der Waals surface area contributed by atoms with E-state index in [4.69, 9.17) is 0 Å². The number of hydrogen-bond acceptors (Lipinski definition) is 6. The van der Waals surface area contributed by atoms with Gasteiger partial charge in [-0.2, -0.15) is 0 Å². The molecular formula is C30H43FN6O. The Morgan fingerprint density at radius 2 is 1.76 bits per heavy atom. The molecule has 2 unspecified atom stereocenters. The van der Waals surface area contributed by atoms with Crippen LogP contribution < -0.4 is 5.32 Å². The molecule has 5 rings (SSSR count). The molecule has 1 aromatic carbocycles. The third-order valence-electron chi connectivity index (χ3n) is 9.39. The Kier molecular flexibility index (Phi) is 8.12. The first kappa shape index (κ1) is 27.2. The van der Waals surface area contributed by atoms with Crippen molar-refractivity contribution in [2.75, 3.05) is 45.8 Å². The number of aryl methyl sites for hydroxylation is 2. The number of piperazine rings is 1. The van der Waals surface area contributed by atoms with E-state index in [0.717, 1.165) is 88.4 Å². The van der Waals surface area contributed by atoms with Crippen molar-refractivity contribution in [2.24, 2.45) is 5.92 Å². The third kappa shape index (κ3) is 5.49. The highest BCUT2D eigenvalue weighted by Crippen LogP contribution is 2.39. The maximum atomic E-state index is 14.3. The first-order valence-corrected chi connectivity index (χ1v) is 14.3. The number of hydrogen-bond donors (Lipinski definition) is 1. The first-order chi connectivity index (χ1) is 18.3. The van der Waals surface area contributed by atoms with Crippen LogP contribution in [0.5, 0.6) is 0 Å². The molecule has 2 atom stereocenters. The second-order valence-corrected chi connectivity index (χ2v) is 11.8. The van der Waals surface area contributed by atoms with Gasteiger partial charge in [-0.3, -0.25) is 14.6 Å². The van der Waals surface area contributed by atoms with Crippen LogP contribution in [0.1, 0.15) is 72.9 Å². The van der Waals surface area contributed by atoms with Gasteiger partial charge in [-0.05, 0) is 90.1 Å². The average Bonchev–Trinajstić information content (AvgIpc) is 2.91. The number of halogens is 1. The molecule has 2 aromatic rings. The van der Waals surface area contributed by atoms with E-state index in [0.29, 0.717) is 17.5 Å². The molecule has 0 spiro atoms. The van der Waals surface area contributed by atoms with Gasteiger partial charge in [-0.15, -0.1) is 0 Å². The Morgan fingerprint density at radius 1 is 1.08 bits per heavy atom. The topological polar surface area (TPSA) is 64.6 Å². The number of aromatic nitrogens is 2. The number of nitrogens with zero attached hydrogens (tertiary/aromatic N) is 5. The fraction of sp³-hybridized carbons (Fsp3) is 0.633. The number of benzene rings is 1. The lowest BCUT2D eigenvalue weighted by molar-refractivity contribution is -0.0409. The maximum Gasteiger partial charge on any atom is 0.257 e. The highest BCUT2D eigenvalue weighted by molar-refractivity contribution is 5.96. The van der Waals surface area contributed by atoms with Crippen molar-refractivity contribution in [3.8, 4) is 0 Å². The summed E-state index contributed by atoms with van der Waals surface area (Å²) in [6, 6.07) is 7.90. The second kappa shape index (κ2) is 11.4.